The van der Waals surface area contributed by atoms with E-state index < -0.39 is 49.3 Å². The summed E-state index contributed by atoms with van der Waals surface area (Å²) in [4.78, 5) is 11.6. The third kappa shape index (κ3) is 8.74. The number of halogens is 1. The van der Waals surface area contributed by atoms with E-state index in [1.54, 1.807) is 0 Å². The van der Waals surface area contributed by atoms with Crippen molar-refractivity contribution in [2.24, 2.45) is 11.5 Å². The molecule has 0 heterocycles. The molecule has 0 saturated carbocycles. The van der Waals surface area contributed by atoms with Gasteiger partial charge in [0, 0.05) is 0 Å². The Morgan fingerprint density at radius 1 is 1.00 bits per heavy atom. The third-order valence-corrected chi connectivity index (χ3v) is 3.08. The van der Waals surface area contributed by atoms with Crippen molar-refractivity contribution in [1.29, 1.82) is 0 Å². The number of carbonyl (C=O) groups is 1. The summed E-state index contributed by atoms with van der Waals surface area (Å²) < 4.78 is 4.48. The van der Waals surface area contributed by atoms with Crippen molar-refractivity contribution in [3.05, 3.63) is 0 Å². The van der Waals surface area contributed by atoms with Crippen LogP contribution in [0.15, 0.2) is 0 Å². The van der Waals surface area contributed by atoms with E-state index in [-0.39, 0.29) is 18.8 Å². The maximum Gasteiger partial charge on any atom is 0.325 e. The molecule has 10 nitrogen and oxygen atoms in total. The summed E-state index contributed by atoms with van der Waals surface area (Å²) >= 11 is 0. The van der Waals surface area contributed by atoms with E-state index in [0.717, 1.165) is 0 Å². The van der Waals surface area contributed by atoms with Crippen LogP contribution >= 0.6 is 12.4 Å². The van der Waals surface area contributed by atoms with E-state index >= 15 is 0 Å². The zero-order valence-electron chi connectivity index (χ0n) is 12.6. The van der Waals surface area contributed by atoms with Crippen LogP contribution < -0.4 is 11.5 Å². The van der Waals surface area contributed by atoms with Crippen molar-refractivity contribution in [3.8, 4) is 0 Å². The molecule has 0 rings (SSSR count). The van der Waals surface area contributed by atoms with Gasteiger partial charge in [-0.3, -0.25) is 4.79 Å². The molecule has 0 radical (unpaired) electrons. The van der Waals surface area contributed by atoms with Gasteiger partial charge in [0.1, 0.15) is 30.5 Å². The molecule has 0 saturated heterocycles. The van der Waals surface area contributed by atoms with E-state index in [0.29, 0.717) is 19.4 Å². The molecule has 0 aliphatic carbocycles. The van der Waals surface area contributed by atoms with Crippen LogP contribution in [0, 0.1) is 0 Å². The van der Waals surface area contributed by atoms with Crippen LogP contribution in [-0.2, 0) is 9.53 Å². The molecule has 0 aromatic carbocycles. The summed E-state index contributed by atoms with van der Waals surface area (Å²) in [6, 6.07) is -1.03. The van der Waals surface area contributed by atoms with E-state index in [2.05, 4.69) is 4.74 Å². The van der Waals surface area contributed by atoms with Crippen LogP contribution in [0.25, 0.3) is 0 Å². The quantitative estimate of drug-likeness (QED) is 0.102. The van der Waals surface area contributed by atoms with Gasteiger partial charge in [0.05, 0.1) is 6.61 Å². The number of hydrogen-bond acceptors (Lipinski definition) is 10. The maximum absolute atomic E-state index is 11.6. The zero-order valence-corrected chi connectivity index (χ0v) is 13.4. The van der Waals surface area contributed by atoms with Crippen LogP contribution in [0.4, 0.5) is 0 Å². The van der Waals surface area contributed by atoms with Gasteiger partial charge in [0.2, 0.25) is 6.29 Å². The fraction of sp³-hybridized carbons (Fsp3) is 0.917. The van der Waals surface area contributed by atoms with Crippen molar-refractivity contribution in [2.75, 3.05) is 13.2 Å². The summed E-state index contributed by atoms with van der Waals surface area (Å²) in [7, 11) is 0. The number of rotatable bonds is 11. The Kier molecular flexibility index (Phi) is 13.8. The molecule has 0 spiro atoms. The van der Waals surface area contributed by atoms with Gasteiger partial charge in [-0.15, -0.1) is 12.4 Å². The Bertz CT molecular complexity index is 325. The highest BCUT2D eigenvalue weighted by atomic mass is 35.5. The highest BCUT2D eigenvalue weighted by Crippen LogP contribution is 2.11. The first-order valence-electron chi connectivity index (χ1n) is 6.93. The minimum Gasteiger partial charge on any atom is -0.432 e. The number of nitrogens with two attached hydrogens (primary N) is 2. The molecule has 0 fully saturated rings. The van der Waals surface area contributed by atoms with Crippen molar-refractivity contribution in [2.45, 2.75) is 56.0 Å². The van der Waals surface area contributed by atoms with E-state index in [1.807, 2.05) is 0 Å². The van der Waals surface area contributed by atoms with Gasteiger partial charge in [0.15, 0.2) is 0 Å². The van der Waals surface area contributed by atoms with Gasteiger partial charge in [-0.1, -0.05) is 6.42 Å². The van der Waals surface area contributed by atoms with Gasteiger partial charge >= 0.3 is 5.97 Å². The van der Waals surface area contributed by atoms with E-state index in [4.69, 9.17) is 21.7 Å². The molecular weight excluding hydrogens is 336 g/mol. The number of hydrogen-bond donors (Lipinski definition) is 8. The first-order chi connectivity index (χ1) is 10.3. The Hall–Kier alpha value is -0.560. The van der Waals surface area contributed by atoms with Crippen LogP contribution in [-0.4, -0.2) is 86.5 Å². The number of aliphatic hydroxyl groups is 6. The van der Waals surface area contributed by atoms with Gasteiger partial charge in [-0.05, 0) is 19.4 Å². The van der Waals surface area contributed by atoms with Gasteiger partial charge in [-0.2, -0.15) is 0 Å². The molecule has 6 atom stereocenters. The molecule has 10 N–H and O–H groups in total. The smallest absolute Gasteiger partial charge is 0.325 e. The predicted octanol–water partition coefficient (Wildman–Crippen LogP) is -3.84. The van der Waals surface area contributed by atoms with Gasteiger partial charge in [0.25, 0.3) is 0 Å². The van der Waals surface area contributed by atoms with E-state index in [9.17, 15) is 25.2 Å². The average Bonchev–Trinajstić information content (AvgIpc) is 2.51. The Labute approximate surface area is 140 Å². The monoisotopic (exact) mass is 362 g/mol. The maximum atomic E-state index is 11.6. The Balaban J connectivity index is 0. The fourth-order valence-electron chi connectivity index (χ4n) is 1.61. The third-order valence-electron chi connectivity index (χ3n) is 3.08. The lowest BCUT2D eigenvalue weighted by molar-refractivity contribution is -0.214. The first-order valence-corrected chi connectivity index (χ1v) is 6.93. The molecular formula is C12H27ClN2O8. The fourth-order valence-corrected chi connectivity index (χ4v) is 1.61. The van der Waals surface area contributed by atoms with Crippen LogP contribution in [0.5, 0.6) is 0 Å². The van der Waals surface area contributed by atoms with Gasteiger partial charge in [-0.25, -0.2) is 0 Å². The molecule has 0 amide bonds. The summed E-state index contributed by atoms with van der Waals surface area (Å²) in [5.74, 6) is -0.993. The number of unbranched alkanes of at least 4 members (excludes halogenated alkanes) is 1. The van der Waals surface area contributed by atoms with E-state index in [1.165, 1.54) is 0 Å². The molecule has 0 aromatic heterocycles. The number of aliphatic hydroxyl groups excluding tert-OH is 6. The Morgan fingerprint density at radius 3 is 2.04 bits per heavy atom. The SMILES string of the molecule is Cl.NCCCC[C@H](N)C(=O)OC(O)[C@H](O)[C@@H](O)[C@H](O)[C@H](O)CO. The predicted molar refractivity (Wildman–Crippen MR) is 81.3 cm³/mol. The second-order valence-electron chi connectivity index (χ2n) is 4.94. The molecule has 0 bridgehead atoms. The standard InChI is InChI=1S/C12H26N2O8.ClH/c13-4-2-1-3-6(14)11(20)22-12(21)10(19)9(18)8(17)7(16)5-15;/h6-10,12,15-19,21H,1-5,13-14H2;1H/t6-,7+,8+,9-,10+,12?;/m0./s1. The molecule has 11 heteroatoms. The number of carbonyl (C=O) groups excluding carboxylic acids is 1. The summed E-state index contributed by atoms with van der Waals surface area (Å²) in [6.45, 7) is -0.423. The van der Waals surface area contributed by atoms with Crippen molar-refractivity contribution in [1.82, 2.24) is 0 Å². The van der Waals surface area contributed by atoms with Crippen molar-refractivity contribution < 1.29 is 40.2 Å². The largest absolute Gasteiger partial charge is 0.432 e. The lowest BCUT2D eigenvalue weighted by Gasteiger charge is -2.28. The first kappa shape index (κ1) is 24.7. The Morgan fingerprint density at radius 2 is 1.57 bits per heavy atom. The highest BCUT2D eigenvalue weighted by molar-refractivity contribution is 5.85. The zero-order chi connectivity index (χ0) is 17.3. The molecule has 23 heavy (non-hydrogen) atoms. The average molecular weight is 363 g/mol. The normalized spacial score (nSPS) is 19.0. The molecule has 1 unspecified atom stereocenters. The topological polar surface area (TPSA) is 200 Å². The second kappa shape index (κ2) is 12.8. The molecule has 0 aliphatic heterocycles. The molecule has 140 valence electrons. The van der Waals surface area contributed by atoms with Gasteiger partial charge < -0.3 is 46.8 Å². The summed E-state index contributed by atoms with van der Waals surface area (Å²) in [5, 5.41) is 55.7. The summed E-state index contributed by atoms with van der Waals surface area (Å²) in [6.07, 6.45) is -8.44. The van der Waals surface area contributed by atoms with Crippen molar-refractivity contribution >= 4 is 18.4 Å². The van der Waals surface area contributed by atoms with Crippen LogP contribution in [0.3, 0.4) is 0 Å². The summed E-state index contributed by atoms with van der Waals surface area (Å²) in [5.41, 5.74) is 10.8. The highest BCUT2D eigenvalue weighted by Gasteiger charge is 2.36. The molecule has 0 aliphatic rings. The van der Waals surface area contributed by atoms with Crippen LogP contribution in [0.2, 0.25) is 0 Å². The lowest BCUT2D eigenvalue weighted by Crippen LogP contribution is -2.51. The minimum absolute atomic E-state index is 0. The number of esters is 1. The second-order valence-corrected chi connectivity index (χ2v) is 4.94. The lowest BCUT2D eigenvalue weighted by atomic mass is 10.0. The van der Waals surface area contributed by atoms with Crippen molar-refractivity contribution in [3.63, 3.8) is 0 Å². The number of ether oxygens (including phenoxy) is 1. The van der Waals surface area contributed by atoms with Crippen LogP contribution in [0.1, 0.15) is 19.3 Å². The molecule has 0 aromatic rings. The minimum atomic E-state index is -2.15.